The van der Waals surface area contributed by atoms with Gasteiger partial charge in [0.05, 0.1) is 0 Å². The van der Waals surface area contributed by atoms with Crippen molar-refractivity contribution in [2.24, 2.45) is 5.73 Å². The van der Waals surface area contributed by atoms with Crippen molar-refractivity contribution in [1.29, 1.82) is 0 Å². The molecule has 6 heteroatoms. The molecule has 0 bridgehead atoms. The Kier molecular flexibility index (Phi) is 5.52. The first kappa shape index (κ1) is 13.2. The van der Waals surface area contributed by atoms with Crippen LogP contribution in [0, 0.1) is 0 Å². The van der Waals surface area contributed by atoms with Crippen molar-refractivity contribution in [3.05, 3.63) is 0 Å². The fourth-order valence-electron chi connectivity index (χ4n) is 1.11. The summed E-state index contributed by atoms with van der Waals surface area (Å²) in [5.74, 6) is -1.88. The van der Waals surface area contributed by atoms with Crippen LogP contribution in [0.25, 0.3) is 0 Å². The minimum absolute atomic E-state index is 0.267. The lowest BCUT2D eigenvalue weighted by molar-refractivity contribution is -0.174. The summed E-state index contributed by atoms with van der Waals surface area (Å²) >= 11 is 0. The van der Waals surface area contributed by atoms with Crippen molar-refractivity contribution < 1.29 is 18.0 Å². The van der Waals surface area contributed by atoms with Crippen LogP contribution in [-0.4, -0.2) is 24.7 Å². The molecule has 0 fully saturated rings. The van der Waals surface area contributed by atoms with E-state index >= 15 is 0 Å². The fraction of sp³-hybridized carbons (Fsp3) is 0.875. The van der Waals surface area contributed by atoms with Crippen molar-refractivity contribution in [1.82, 2.24) is 5.32 Å². The van der Waals surface area contributed by atoms with Gasteiger partial charge >= 0.3 is 12.1 Å². The molecule has 0 rings (SSSR count). The molecule has 0 aliphatic heterocycles. The van der Waals surface area contributed by atoms with Crippen LogP contribution in [0.5, 0.6) is 0 Å². The predicted molar refractivity (Wildman–Crippen MR) is 46.6 cm³/mol. The zero-order chi connectivity index (χ0) is 11.2. The lowest BCUT2D eigenvalue weighted by atomic mass is 10.1. The van der Waals surface area contributed by atoms with E-state index in [-0.39, 0.29) is 6.54 Å². The van der Waals surface area contributed by atoms with Crippen LogP contribution in [0.2, 0.25) is 0 Å². The standard InChI is InChI=1S/C8H15F3N2O/c1-2-3-6(4-5-12)13-7(14)8(9,10)11/h6H,2-5,12H2,1H3,(H,13,14). The Balaban J connectivity index is 4.08. The maximum absolute atomic E-state index is 11.8. The number of alkyl halides is 3. The molecule has 0 aliphatic carbocycles. The van der Waals surface area contributed by atoms with Gasteiger partial charge in [-0.2, -0.15) is 13.2 Å². The van der Waals surface area contributed by atoms with E-state index in [0.717, 1.165) is 0 Å². The summed E-state index contributed by atoms with van der Waals surface area (Å²) in [7, 11) is 0. The first-order valence-electron chi connectivity index (χ1n) is 4.49. The Morgan fingerprint density at radius 1 is 1.43 bits per heavy atom. The fourth-order valence-corrected chi connectivity index (χ4v) is 1.11. The van der Waals surface area contributed by atoms with Crippen LogP contribution >= 0.6 is 0 Å². The Bertz CT molecular complexity index is 176. The summed E-state index contributed by atoms with van der Waals surface area (Å²) in [5, 5.41) is 1.91. The molecule has 1 unspecified atom stereocenters. The van der Waals surface area contributed by atoms with E-state index in [9.17, 15) is 18.0 Å². The van der Waals surface area contributed by atoms with E-state index in [2.05, 4.69) is 0 Å². The third-order valence-electron chi connectivity index (χ3n) is 1.74. The van der Waals surface area contributed by atoms with Crippen molar-refractivity contribution in [2.75, 3.05) is 6.54 Å². The molecule has 0 aromatic rings. The molecule has 0 aromatic heterocycles. The lowest BCUT2D eigenvalue weighted by Crippen LogP contribution is -2.43. The smallest absolute Gasteiger partial charge is 0.346 e. The van der Waals surface area contributed by atoms with Crippen molar-refractivity contribution in [2.45, 2.75) is 38.4 Å². The minimum Gasteiger partial charge on any atom is -0.346 e. The van der Waals surface area contributed by atoms with E-state index in [1.165, 1.54) is 0 Å². The molecule has 0 radical (unpaired) electrons. The van der Waals surface area contributed by atoms with E-state index < -0.39 is 18.1 Å². The average Bonchev–Trinajstić information content (AvgIpc) is 2.03. The molecule has 1 atom stereocenters. The number of nitrogens with one attached hydrogen (secondary N) is 1. The molecule has 0 heterocycles. The molecule has 0 spiro atoms. The summed E-state index contributed by atoms with van der Waals surface area (Å²) in [6.45, 7) is 2.10. The number of carbonyl (C=O) groups is 1. The second-order valence-corrected chi connectivity index (χ2v) is 3.03. The normalized spacial score (nSPS) is 13.8. The molecule has 3 nitrogen and oxygen atoms in total. The quantitative estimate of drug-likeness (QED) is 0.719. The second-order valence-electron chi connectivity index (χ2n) is 3.03. The van der Waals surface area contributed by atoms with Crippen LogP contribution in [0.3, 0.4) is 0 Å². The molecule has 84 valence electrons. The zero-order valence-electron chi connectivity index (χ0n) is 8.03. The zero-order valence-corrected chi connectivity index (χ0v) is 8.03. The van der Waals surface area contributed by atoms with Crippen LogP contribution in [0.1, 0.15) is 26.2 Å². The first-order valence-corrected chi connectivity index (χ1v) is 4.49. The van der Waals surface area contributed by atoms with Crippen molar-refractivity contribution in [3.8, 4) is 0 Å². The van der Waals surface area contributed by atoms with Gasteiger partial charge in [-0.25, -0.2) is 0 Å². The molecular weight excluding hydrogens is 197 g/mol. The van der Waals surface area contributed by atoms with Gasteiger partial charge in [-0.15, -0.1) is 0 Å². The highest BCUT2D eigenvalue weighted by atomic mass is 19.4. The van der Waals surface area contributed by atoms with Crippen molar-refractivity contribution >= 4 is 5.91 Å². The summed E-state index contributed by atoms with van der Waals surface area (Å²) in [5.41, 5.74) is 5.21. The summed E-state index contributed by atoms with van der Waals surface area (Å²) in [4.78, 5) is 10.5. The van der Waals surface area contributed by atoms with Gasteiger partial charge in [0.1, 0.15) is 0 Å². The molecule has 0 saturated carbocycles. The monoisotopic (exact) mass is 212 g/mol. The molecule has 0 aromatic carbocycles. The summed E-state index contributed by atoms with van der Waals surface area (Å²) < 4.78 is 35.5. The van der Waals surface area contributed by atoms with E-state index in [0.29, 0.717) is 19.3 Å². The number of carbonyl (C=O) groups excluding carboxylic acids is 1. The average molecular weight is 212 g/mol. The Morgan fingerprint density at radius 3 is 2.36 bits per heavy atom. The van der Waals surface area contributed by atoms with Crippen LogP contribution in [0.4, 0.5) is 13.2 Å². The molecule has 14 heavy (non-hydrogen) atoms. The predicted octanol–water partition coefficient (Wildman–Crippen LogP) is 1.18. The van der Waals surface area contributed by atoms with Gasteiger partial charge in [0, 0.05) is 6.04 Å². The Morgan fingerprint density at radius 2 is 2.00 bits per heavy atom. The van der Waals surface area contributed by atoms with E-state index in [1.807, 2.05) is 12.2 Å². The Hall–Kier alpha value is -0.780. The van der Waals surface area contributed by atoms with Gasteiger partial charge in [-0.1, -0.05) is 13.3 Å². The number of amides is 1. The van der Waals surface area contributed by atoms with Crippen LogP contribution in [0.15, 0.2) is 0 Å². The number of hydrogen-bond donors (Lipinski definition) is 2. The second kappa shape index (κ2) is 5.85. The number of hydrogen-bond acceptors (Lipinski definition) is 2. The molecule has 0 saturated heterocycles. The van der Waals surface area contributed by atoms with E-state index in [4.69, 9.17) is 5.73 Å². The minimum atomic E-state index is -4.80. The van der Waals surface area contributed by atoms with Crippen LogP contribution < -0.4 is 11.1 Å². The summed E-state index contributed by atoms with van der Waals surface area (Å²) in [6.07, 6.45) is -3.21. The lowest BCUT2D eigenvalue weighted by Gasteiger charge is -2.17. The molecule has 1 amide bonds. The third-order valence-corrected chi connectivity index (χ3v) is 1.74. The van der Waals surface area contributed by atoms with E-state index in [1.54, 1.807) is 0 Å². The largest absolute Gasteiger partial charge is 0.471 e. The van der Waals surface area contributed by atoms with Gasteiger partial charge in [0.2, 0.25) is 0 Å². The SMILES string of the molecule is CCCC(CCN)NC(=O)C(F)(F)F. The molecule has 0 aliphatic rings. The maximum Gasteiger partial charge on any atom is 0.471 e. The highest BCUT2D eigenvalue weighted by Gasteiger charge is 2.39. The van der Waals surface area contributed by atoms with Gasteiger partial charge in [0.25, 0.3) is 0 Å². The highest BCUT2D eigenvalue weighted by Crippen LogP contribution is 2.15. The van der Waals surface area contributed by atoms with Gasteiger partial charge in [-0.05, 0) is 19.4 Å². The highest BCUT2D eigenvalue weighted by molar-refractivity contribution is 5.81. The number of halogens is 3. The topological polar surface area (TPSA) is 55.1 Å². The number of rotatable bonds is 5. The van der Waals surface area contributed by atoms with Gasteiger partial charge in [-0.3, -0.25) is 4.79 Å². The molecular formula is C8H15F3N2O. The van der Waals surface area contributed by atoms with Gasteiger partial charge < -0.3 is 11.1 Å². The number of nitrogens with two attached hydrogens (primary N) is 1. The third kappa shape index (κ3) is 5.06. The maximum atomic E-state index is 11.8. The first-order chi connectivity index (χ1) is 6.41. The van der Waals surface area contributed by atoms with Gasteiger partial charge in [0.15, 0.2) is 0 Å². The van der Waals surface area contributed by atoms with Crippen LogP contribution in [-0.2, 0) is 4.79 Å². The molecule has 3 N–H and O–H groups in total. The van der Waals surface area contributed by atoms with Crippen molar-refractivity contribution in [3.63, 3.8) is 0 Å². The Labute approximate surface area is 80.8 Å². The summed E-state index contributed by atoms with van der Waals surface area (Å²) in [6, 6.07) is -0.473.